The molecule has 0 amide bonds. The summed E-state index contributed by atoms with van der Waals surface area (Å²) in [6.45, 7) is 2.19. The molecule has 1 aromatic rings. The zero-order valence-electron chi connectivity index (χ0n) is 9.19. The third kappa shape index (κ3) is 2.13. The molecule has 1 aromatic carbocycles. The van der Waals surface area contributed by atoms with Crippen LogP contribution in [-0.2, 0) is 0 Å². The van der Waals surface area contributed by atoms with E-state index < -0.39 is 0 Å². The van der Waals surface area contributed by atoms with Gasteiger partial charge in [0.05, 0.1) is 6.10 Å². The van der Waals surface area contributed by atoms with E-state index in [1.807, 2.05) is 18.2 Å². The molecule has 0 aromatic heterocycles. The zero-order valence-corrected chi connectivity index (χ0v) is 9.19. The molecule has 1 heteroatoms. The molecule has 0 heterocycles. The van der Waals surface area contributed by atoms with E-state index in [1.54, 1.807) is 0 Å². The maximum absolute atomic E-state index is 10.2. The second-order valence-corrected chi connectivity index (χ2v) is 4.24. The minimum Gasteiger partial charge on any atom is -0.388 e. The first-order valence-corrected chi connectivity index (χ1v) is 5.78. The van der Waals surface area contributed by atoms with Crippen LogP contribution >= 0.6 is 0 Å². The molecule has 1 aliphatic carbocycles. The fraction of sp³-hybridized carbons (Fsp3) is 0.429. The van der Waals surface area contributed by atoms with Gasteiger partial charge in [-0.1, -0.05) is 56.2 Å². The van der Waals surface area contributed by atoms with Gasteiger partial charge < -0.3 is 5.11 Å². The van der Waals surface area contributed by atoms with Crippen molar-refractivity contribution in [3.05, 3.63) is 41.5 Å². The molecule has 0 unspecified atom stereocenters. The van der Waals surface area contributed by atoms with Gasteiger partial charge in [-0.15, -0.1) is 0 Å². The molecule has 0 fully saturated rings. The first-order chi connectivity index (χ1) is 7.33. The molecule has 0 radical (unpaired) electrons. The Hall–Kier alpha value is -1.08. The normalized spacial score (nSPS) is 23.9. The van der Waals surface area contributed by atoms with Gasteiger partial charge in [-0.05, 0) is 17.5 Å². The smallest absolute Gasteiger partial charge is 0.0858 e. The predicted molar refractivity (Wildman–Crippen MR) is 63.5 cm³/mol. The van der Waals surface area contributed by atoms with Crippen LogP contribution in [0.5, 0.6) is 0 Å². The molecule has 0 saturated heterocycles. The molecule has 15 heavy (non-hydrogen) atoms. The maximum atomic E-state index is 10.2. The number of aliphatic hydroxyl groups excluding tert-OH is 1. The highest BCUT2D eigenvalue weighted by Gasteiger charge is 2.22. The fourth-order valence-corrected chi connectivity index (χ4v) is 2.19. The van der Waals surface area contributed by atoms with Crippen molar-refractivity contribution in [3.8, 4) is 0 Å². The molecule has 2 rings (SSSR count). The molecule has 1 nitrogen and oxygen atoms in total. The first kappa shape index (κ1) is 10.4. The number of benzene rings is 1. The van der Waals surface area contributed by atoms with Crippen LogP contribution in [0, 0.1) is 5.92 Å². The number of hydrogen-bond acceptors (Lipinski definition) is 1. The van der Waals surface area contributed by atoms with Crippen LogP contribution in [-0.4, -0.2) is 5.11 Å². The Labute approximate surface area is 91.4 Å². The summed E-state index contributed by atoms with van der Waals surface area (Å²) < 4.78 is 0. The van der Waals surface area contributed by atoms with Crippen molar-refractivity contribution in [1.82, 2.24) is 0 Å². The lowest BCUT2D eigenvalue weighted by atomic mass is 9.84. The molecule has 0 bridgehead atoms. The lowest BCUT2D eigenvalue weighted by molar-refractivity contribution is 0.124. The van der Waals surface area contributed by atoms with Crippen molar-refractivity contribution >= 4 is 6.08 Å². The minimum absolute atomic E-state index is 0.305. The monoisotopic (exact) mass is 202 g/mol. The molecule has 80 valence electrons. The Kier molecular flexibility index (Phi) is 3.22. The van der Waals surface area contributed by atoms with E-state index in [4.69, 9.17) is 0 Å². The molecule has 0 spiro atoms. The number of unbranched alkanes of at least 4 members (excludes halogenated alkanes) is 1. The summed E-state index contributed by atoms with van der Waals surface area (Å²) >= 11 is 0. The average molecular weight is 202 g/mol. The zero-order chi connectivity index (χ0) is 10.7. The Morgan fingerprint density at radius 3 is 2.87 bits per heavy atom. The van der Waals surface area contributed by atoms with E-state index in [0.717, 1.165) is 17.5 Å². The third-order valence-electron chi connectivity index (χ3n) is 3.13. The van der Waals surface area contributed by atoms with Crippen LogP contribution in [0.1, 0.15) is 43.4 Å². The molecular weight excluding hydrogens is 184 g/mol. The minimum atomic E-state index is -0.308. The standard InChI is InChI=1S/C14H18O/c1-2-3-6-12-10-9-11-7-4-5-8-13(11)14(12)15/h4-5,7-10,12,14-15H,2-3,6H2,1H3/t12-,14+/m0/s1. The van der Waals surface area contributed by atoms with Gasteiger partial charge in [-0.25, -0.2) is 0 Å². The molecular formula is C14H18O. The van der Waals surface area contributed by atoms with E-state index in [-0.39, 0.29) is 6.10 Å². The summed E-state index contributed by atoms with van der Waals surface area (Å²) in [6, 6.07) is 8.11. The van der Waals surface area contributed by atoms with Crippen molar-refractivity contribution in [2.75, 3.05) is 0 Å². The topological polar surface area (TPSA) is 20.2 Å². The van der Waals surface area contributed by atoms with Gasteiger partial charge in [0.2, 0.25) is 0 Å². The Balaban J connectivity index is 2.18. The summed E-state index contributed by atoms with van der Waals surface area (Å²) in [6.07, 6.45) is 7.46. The second kappa shape index (κ2) is 4.63. The Morgan fingerprint density at radius 1 is 1.27 bits per heavy atom. The van der Waals surface area contributed by atoms with Crippen LogP contribution in [0.25, 0.3) is 6.08 Å². The van der Waals surface area contributed by atoms with E-state index in [2.05, 4.69) is 25.1 Å². The number of aliphatic hydroxyl groups is 1. The molecule has 2 atom stereocenters. The van der Waals surface area contributed by atoms with Crippen LogP contribution in [0.3, 0.4) is 0 Å². The molecule has 0 saturated carbocycles. The highest BCUT2D eigenvalue weighted by molar-refractivity contribution is 5.57. The van der Waals surface area contributed by atoms with Crippen molar-refractivity contribution in [2.45, 2.75) is 32.3 Å². The van der Waals surface area contributed by atoms with Crippen LogP contribution in [0.2, 0.25) is 0 Å². The first-order valence-electron chi connectivity index (χ1n) is 5.78. The van der Waals surface area contributed by atoms with Gasteiger partial charge in [-0.2, -0.15) is 0 Å². The van der Waals surface area contributed by atoms with Crippen molar-refractivity contribution < 1.29 is 5.11 Å². The van der Waals surface area contributed by atoms with Gasteiger partial charge >= 0.3 is 0 Å². The van der Waals surface area contributed by atoms with E-state index in [0.29, 0.717) is 5.92 Å². The van der Waals surface area contributed by atoms with Crippen LogP contribution in [0.4, 0.5) is 0 Å². The number of hydrogen-bond donors (Lipinski definition) is 1. The highest BCUT2D eigenvalue weighted by atomic mass is 16.3. The predicted octanol–water partition coefficient (Wildman–Crippen LogP) is 3.55. The van der Waals surface area contributed by atoms with E-state index in [9.17, 15) is 5.11 Å². The van der Waals surface area contributed by atoms with E-state index >= 15 is 0 Å². The van der Waals surface area contributed by atoms with Gasteiger partial charge in [0.25, 0.3) is 0 Å². The number of rotatable bonds is 3. The van der Waals surface area contributed by atoms with Crippen LogP contribution < -0.4 is 0 Å². The quantitative estimate of drug-likeness (QED) is 0.794. The highest BCUT2D eigenvalue weighted by Crippen LogP contribution is 2.34. The van der Waals surface area contributed by atoms with Crippen molar-refractivity contribution in [2.24, 2.45) is 5.92 Å². The van der Waals surface area contributed by atoms with Gasteiger partial charge in [0, 0.05) is 5.92 Å². The molecule has 0 aliphatic heterocycles. The van der Waals surface area contributed by atoms with Crippen molar-refractivity contribution in [3.63, 3.8) is 0 Å². The largest absolute Gasteiger partial charge is 0.388 e. The average Bonchev–Trinajstić information content (AvgIpc) is 2.29. The lowest BCUT2D eigenvalue weighted by Gasteiger charge is -2.25. The van der Waals surface area contributed by atoms with Crippen molar-refractivity contribution in [1.29, 1.82) is 0 Å². The number of fused-ring (bicyclic) bond motifs is 1. The lowest BCUT2D eigenvalue weighted by Crippen LogP contribution is -2.14. The molecule has 1 aliphatic rings. The van der Waals surface area contributed by atoms with Gasteiger partial charge in [0.15, 0.2) is 0 Å². The SMILES string of the molecule is CCCC[C@H]1C=Cc2ccccc2[C@@H]1O. The van der Waals surface area contributed by atoms with E-state index in [1.165, 1.54) is 12.8 Å². The van der Waals surface area contributed by atoms with Gasteiger partial charge in [0.1, 0.15) is 0 Å². The summed E-state index contributed by atoms with van der Waals surface area (Å²) in [7, 11) is 0. The van der Waals surface area contributed by atoms with Gasteiger partial charge in [-0.3, -0.25) is 0 Å². The summed E-state index contributed by atoms with van der Waals surface area (Å²) in [5.41, 5.74) is 2.25. The third-order valence-corrected chi connectivity index (χ3v) is 3.13. The second-order valence-electron chi connectivity index (χ2n) is 4.24. The van der Waals surface area contributed by atoms with Crippen LogP contribution in [0.15, 0.2) is 30.3 Å². The molecule has 1 N–H and O–H groups in total. The Morgan fingerprint density at radius 2 is 2.07 bits per heavy atom. The summed E-state index contributed by atoms with van der Waals surface area (Å²) in [5, 5.41) is 10.2. The Bertz CT molecular complexity index is 354. The maximum Gasteiger partial charge on any atom is 0.0858 e. The summed E-state index contributed by atoms with van der Waals surface area (Å²) in [5.74, 6) is 0.305. The summed E-state index contributed by atoms with van der Waals surface area (Å²) in [4.78, 5) is 0. The fourth-order valence-electron chi connectivity index (χ4n) is 2.19.